The van der Waals surface area contributed by atoms with Crippen LogP contribution in [0.4, 0.5) is 0 Å². The van der Waals surface area contributed by atoms with Crippen molar-refractivity contribution in [3.8, 4) is 0 Å². The summed E-state index contributed by atoms with van der Waals surface area (Å²) >= 11 is 17.2. The van der Waals surface area contributed by atoms with Crippen molar-refractivity contribution < 1.29 is 0 Å². The first kappa shape index (κ1) is 13.4. The van der Waals surface area contributed by atoms with Crippen molar-refractivity contribution in [1.29, 1.82) is 0 Å². The highest BCUT2D eigenvalue weighted by Crippen LogP contribution is 2.37. The molecule has 2 aromatic rings. The highest BCUT2D eigenvalue weighted by Gasteiger charge is 2.17. The number of thiophene rings is 1. The molecule has 2 rings (SSSR count). The Morgan fingerprint density at radius 1 is 1.29 bits per heavy atom. The van der Waals surface area contributed by atoms with E-state index in [0.717, 1.165) is 14.9 Å². The second kappa shape index (κ2) is 5.29. The Kier molecular flexibility index (Phi) is 4.16. The van der Waals surface area contributed by atoms with Gasteiger partial charge in [-0.15, -0.1) is 11.3 Å². The highest BCUT2D eigenvalue weighted by atomic mass is 79.9. The van der Waals surface area contributed by atoms with Crippen LogP contribution in [0.15, 0.2) is 28.7 Å². The SMILES string of the molecule is Cc1cc(Br)c(C(N)c2ccc(Cl)cc2Cl)s1. The molecule has 1 unspecified atom stereocenters. The zero-order valence-corrected chi connectivity index (χ0v) is 12.9. The lowest BCUT2D eigenvalue weighted by molar-refractivity contribution is 0.889. The van der Waals surface area contributed by atoms with E-state index in [1.165, 1.54) is 4.88 Å². The molecule has 0 aliphatic heterocycles. The van der Waals surface area contributed by atoms with Crippen LogP contribution < -0.4 is 5.73 Å². The maximum absolute atomic E-state index is 6.23. The van der Waals surface area contributed by atoms with Crippen LogP contribution in [0.1, 0.15) is 21.4 Å². The topological polar surface area (TPSA) is 26.0 Å². The van der Waals surface area contributed by atoms with Crippen LogP contribution in [0, 0.1) is 6.92 Å². The smallest absolute Gasteiger partial charge is 0.0672 e. The van der Waals surface area contributed by atoms with E-state index in [2.05, 4.69) is 28.9 Å². The fraction of sp³-hybridized carbons (Fsp3) is 0.167. The molecular weight excluding hydrogens is 341 g/mol. The number of benzene rings is 1. The first-order chi connectivity index (χ1) is 7.99. The lowest BCUT2D eigenvalue weighted by atomic mass is 10.1. The monoisotopic (exact) mass is 349 g/mol. The van der Waals surface area contributed by atoms with Crippen LogP contribution >= 0.6 is 50.5 Å². The molecule has 5 heteroatoms. The summed E-state index contributed by atoms with van der Waals surface area (Å²) in [5, 5.41) is 1.22. The molecule has 1 heterocycles. The van der Waals surface area contributed by atoms with E-state index in [-0.39, 0.29) is 6.04 Å². The molecule has 17 heavy (non-hydrogen) atoms. The summed E-state index contributed by atoms with van der Waals surface area (Å²) in [5.41, 5.74) is 7.12. The highest BCUT2D eigenvalue weighted by molar-refractivity contribution is 9.10. The molecule has 2 N–H and O–H groups in total. The Balaban J connectivity index is 2.43. The van der Waals surface area contributed by atoms with Crippen LogP contribution in [-0.2, 0) is 0 Å². The molecule has 1 atom stereocenters. The minimum absolute atomic E-state index is 0.229. The van der Waals surface area contributed by atoms with Gasteiger partial charge in [-0.1, -0.05) is 29.3 Å². The summed E-state index contributed by atoms with van der Waals surface area (Å²) in [6.45, 7) is 2.05. The van der Waals surface area contributed by atoms with Gasteiger partial charge in [-0.05, 0) is 46.6 Å². The maximum atomic E-state index is 6.23. The fourth-order valence-corrected chi connectivity index (χ4v) is 4.05. The summed E-state index contributed by atoms with van der Waals surface area (Å²) < 4.78 is 1.03. The van der Waals surface area contributed by atoms with Gasteiger partial charge in [-0.2, -0.15) is 0 Å². The van der Waals surface area contributed by atoms with E-state index in [1.807, 2.05) is 6.07 Å². The van der Waals surface area contributed by atoms with Gasteiger partial charge in [0.2, 0.25) is 0 Å². The molecule has 0 aliphatic rings. The minimum Gasteiger partial charge on any atom is -0.320 e. The average Bonchev–Trinajstić information content (AvgIpc) is 2.57. The minimum atomic E-state index is -0.229. The third-order valence-electron chi connectivity index (χ3n) is 2.42. The Morgan fingerprint density at radius 2 is 2.00 bits per heavy atom. The van der Waals surface area contributed by atoms with Gasteiger partial charge in [0.15, 0.2) is 0 Å². The van der Waals surface area contributed by atoms with Crippen LogP contribution in [0.5, 0.6) is 0 Å². The molecule has 0 saturated carbocycles. The summed E-state index contributed by atoms with van der Waals surface area (Å²) in [6.07, 6.45) is 0. The van der Waals surface area contributed by atoms with E-state index in [0.29, 0.717) is 10.0 Å². The lowest BCUT2D eigenvalue weighted by Crippen LogP contribution is -2.11. The molecule has 0 fully saturated rings. The van der Waals surface area contributed by atoms with Gasteiger partial charge in [-0.25, -0.2) is 0 Å². The largest absolute Gasteiger partial charge is 0.320 e. The molecule has 0 radical (unpaired) electrons. The number of aryl methyl sites for hydroxylation is 1. The number of nitrogens with two attached hydrogens (primary N) is 1. The van der Waals surface area contributed by atoms with Gasteiger partial charge in [0.25, 0.3) is 0 Å². The quantitative estimate of drug-likeness (QED) is 0.793. The maximum Gasteiger partial charge on any atom is 0.0672 e. The molecule has 90 valence electrons. The molecular formula is C12H10BrCl2NS. The molecule has 0 saturated heterocycles. The Labute approximate surface area is 123 Å². The predicted molar refractivity (Wildman–Crippen MR) is 79.2 cm³/mol. The van der Waals surface area contributed by atoms with Crippen molar-refractivity contribution in [2.75, 3.05) is 0 Å². The van der Waals surface area contributed by atoms with Crippen molar-refractivity contribution in [3.63, 3.8) is 0 Å². The van der Waals surface area contributed by atoms with E-state index in [9.17, 15) is 0 Å². The standard InChI is InChI=1S/C12H10BrCl2NS/c1-6-4-9(13)12(17-6)11(16)8-3-2-7(14)5-10(8)15/h2-5,11H,16H2,1H3. The first-order valence-electron chi connectivity index (χ1n) is 4.95. The summed E-state index contributed by atoms with van der Waals surface area (Å²) in [4.78, 5) is 2.29. The molecule has 0 spiro atoms. The summed E-state index contributed by atoms with van der Waals surface area (Å²) in [6, 6.07) is 7.22. The van der Waals surface area contributed by atoms with Crippen LogP contribution in [-0.4, -0.2) is 0 Å². The van der Waals surface area contributed by atoms with Gasteiger partial charge >= 0.3 is 0 Å². The number of hydrogen-bond acceptors (Lipinski definition) is 2. The second-order valence-corrected chi connectivity index (χ2v) is 6.70. The number of hydrogen-bond donors (Lipinski definition) is 1. The zero-order valence-electron chi connectivity index (χ0n) is 9.01. The third-order valence-corrected chi connectivity index (χ3v) is 5.03. The van der Waals surface area contributed by atoms with Crippen molar-refractivity contribution >= 4 is 50.5 Å². The zero-order chi connectivity index (χ0) is 12.6. The van der Waals surface area contributed by atoms with Crippen molar-refractivity contribution in [2.24, 2.45) is 5.73 Å². The Morgan fingerprint density at radius 3 is 2.53 bits per heavy atom. The third kappa shape index (κ3) is 2.85. The van der Waals surface area contributed by atoms with Crippen molar-refractivity contribution in [3.05, 3.63) is 54.1 Å². The van der Waals surface area contributed by atoms with Gasteiger partial charge < -0.3 is 5.73 Å². The normalized spacial score (nSPS) is 12.8. The van der Waals surface area contributed by atoms with E-state index >= 15 is 0 Å². The fourth-order valence-electron chi connectivity index (χ4n) is 1.61. The van der Waals surface area contributed by atoms with Crippen LogP contribution in [0.3, 0.4) is 0 Å². The van der Waals surface area contributed by atoms with Crippen LogP contribution in [0.2, 0.25) is 10.0 Å². The Bertz CT molecular complexity index is 553. The first-order valence-corrected chi connectivity index (χ1v) is 7.32. The molecule has 0 aliphatic carbocycles. The number of halogens is 3. The molecule has 1 aromatic carbocycles. The summed E-state index contributed by atoms with van der Waals surface area (Å²) in [5.74, 6) is 0. The van der Waals surface area contributed by atoms with Gasteiger partial charge in [0.05, 0.1) is 6.04 Å². The molecule has 0 bridgehead atoms. The average molecular weight is 351 g/mol. The summed E-state index contributed by atoms with van der Waals surface area (Å²) in [7, 11) is 0. The number of rotatable bonds is 2. The molecule has 1 aromatic heterocycles. The van der Waals surface area contributed by atoms with Crippen molar-refractivity contribution in [2.45, 2.75) is 13.0 Å². The van der Waals surface area contributed by atoms with E-state index in [1.54, 1.807) is 23.5 Å². The molecule has 0 amide bonds. The Hall–Kier alpha value is -0.0600. The molecule has 1 nitrogen and oxygen atoms in total. The van der Waals surface area contributed by atoms with Gasteiger partial charge in [-0.3, -0.25) is 0 Å². The van der Waals surface area contributed by atoms with Crippen molar-refractivity contribution in [1.82, 2.24) is 0 Å². The van der Waals surface area contributed by atoms with E-state index in [4.69, 9.17) is 28.9 Å². The van der Waals surface area contributed by atoms with Gasteiger partial charge in [0.1, 0.15) is 0 Å². The lowest BCUT2D eigenvalue weighted by Gasteiger charge is -2.13. The second-order valence-electron chi connectivity index (χ2n) is 3.71. The predicted octanol–water partition coefficient (Wildman–Crippen LogP) is 5.17. The van der Waals surface area contributed by atoms with E-state index < -0.39 is 0 Å². The van der Waals surface area contributed by atoms with Crippen LogP contribution in [0.25, 0.3) is 0 Å². The van der Waals surface area contributed by atoms with Gasteiger partial charge in [0, 0.05) is 24.3 Å².